The van der Waals surface area contributed by atoms with Crippen LogP contribution in [0, 0.1) is 6.92 Å². The number of aromatic nitrogens is 2. The molecule has 1 aromatic carbocycles. The number of fused-ring (bicyclic) bond motifs is 2. The van der Waals surface area contributed by atoms with E-state index in [9.17, 15) is 0 Å². The van der Waals surface area contributed by atoms with Crippen molar-refractivity contribution in [2.24, 2.45) is 4.99 Å². The Morgan fingerprint density at radius 1 is 1.12 bits per heavy atom. The summed E-state index contributed by atoms with van der Waals surface area (Å²) in [5.41, 5.74) is 4.58. The number of hydrogen-bond donors (Lipinski definition) is 1. The van der Waals surface area contributed by atoms with E-state index in [1.807, 2.05) is 19.3 Å². The summed E-state index contributed by atoms with van der Waals surface area (Å²) >= 11 is 0. The van der Waals surface area contributed by atoms with Gasteiger partial charge in [-0.25, -0.2) is 4.98 Å². The Kier molecular flexibility index (Phi) is 5.85. The van der Waals surface area contributed by atoms with Gasteiger partial charge in [0.15, 0.2) is 17.5 Å². The van der Waals surface area contributed by atoms with E-state index in [-0.39, 0.29) is 0 Å². The molecule has 0 aliphatic carbocycles. The van der Waals surface area contributed by atoms with Crippen molar-refractivity contribution in [1.82, 2.24) is 24.5 Å². The van der Waals surface area contributed by atoms with E-state index >= 15 is 0 Å². The van der Waals surface area contributed by atoms with E-state index in [0.29, 0.717) is 6.79 Å². The van der Waals surface area contributed by atoms with Gasteiger partial charge in [0.2, 0.25) is 6.79 Å². The average Bonchev–Trinajstić information content (AvgIpc) is 3.44. The van der Waals surface area contributed by atoms with E-state index in [1.165, 1.54) is 11.1 Å². The zero-order chi connectivity index (χ0) is 21.9. The first-order valence-electron chi connectivity index (χ1n) is 11.2. The summed E-state index contributed by atoms with van der Waals surface area (Å²) in [6.45, 7) is 8.06. The number of piperazine rings is 1. The van der Waals surface area contributed by atoms with Crippen LogP contribution in [-0.2, 0) is 13.0 Å². The van der Waals surface area contributed by atoms with Gasteiger partial charge in [-0.3, -0.25) is 9.89 Å². The zero-order valence-electron chi connectivity index (χ0n) is 18.8. The first-order chi connectivity index (χ1) is 15.7. The highest BCUT2D eigenvalue weighted by atomic mass is 16.7. The van der Waals surface area contributed by atoms with Crippen LogP contribution in [0.15, 0.2) is 47.7 Å². The molecule has 0 amide bonds. The van der Waals surface area contributed by atoms with Gasteiger partial charge in [-0.05, 0) is 36.2 Å². The van der Waals surface area contributed by atoms with Crippen LogP contribution in [0.5, 0.6) is 11.5 Å². The largest absolute Gasteiger partial charge is 0.454 e. The summed E-state index contributed by atoms with van der Waals surface area (Å²) in [5.74, 6) is 2.66. The maximum atomic E-state index is 5.50. The maximum Gasteiger partial charge on any atom is 0.231 e. The van der Waals surface area contributed by atoms with Gasteiger partial charge in [0.25, 0.3) is 0 Å². The van der Waals surface area contributed by atoms with Crippen molar-refractivity contribution in [3.05, 3.63) is 59.5 Å². The second-order valence-electron chi connectivity index (χ2n) is 8.33. The highest BCUT2D eigenvalue weighted by molar-refractivity contribution is 5.80. The van der Waals surface area contributed by atoms with E-state index in [1.54, 1.807) is 0 Å². The molecule has 8 heteroatoms. The third kappa shape index (κ3) is 4.36. The molecule has 32 heavy (non-hydrogen) atoms. The van der Waals surface area contributed by atoms with Crippen LogP contribution >= 0.6 is 0 Å². The number of guanidine groups is 1. The molecule has 0 saturated carbocycles. The average molecular weight is 435 g/mol. The normalized spacial score (nSPS) is 16.7. The standard InChI is InChI=1S/C24H30N6O2/c1-18-4-3-9-30-16-20(27-23(18)30)7-8-26-24(25-2)29-12-10-28(11-13-29)15-19-5-6-21-22(14-19)32-17-31-21/h3-6,9,14,16H,7-8,10-13,15,17H2,1-2H3,(H,25,26). The van der Waals surface area contributed by atoms with Crippen LogP contribution in [-0.4, -0.2) is 71.7 Å². The number of pyridine rings is 1. The second-order valence-corrected chi connectivity index (χ2v) is 8.33. The molecule has 4 heterocycles. The third-order valence-electron chi connectivity index (χ3n) is 6.12. The van der Waals surface area contributed by atoms with Crippen LogP contribution < -0.4 is 14.8 Å². The second kappa shape index (κ2) is 9.08. The van der Waals surface area contributed by atoms with E-state index < -0.39 is 0 Å². The SMILES string of the molecule is CN=C(NCCc1cn2cccc(C)c2n1)N1CCN(Cc2ccc3c(c2)OCO3)CC1. The molecule has 2 aromatic heterocycles. The number of rotatable bonds is 5. The van der Waals surface area contributed by atoms with Gasteiger partial charge in [0.1, 0.15) is 5.65 Å². The summed E-state index contributed by atoms with van der Waals surface area (Å²) in [5, 5.41) is 3.52. The first-order valence-corrected chi connectivity index (χ1v) is 11.2. The third-order valence-corrected chi connectivity index (χ3v) is 6.12. The van der Waals surface area contributed by atoms with Gasteiger partial charge in [-0.2, -0.15) is 0 Å². The molecule has 168 valence electrons. The number of aryl methyl sites for hydroxylation is 1. The number of aliphatic imine (C=N–C) groups is 1. The lowest BCUT2D eigenvalue weighted by molar-refractivity contribution is 0.171. The van der Waals surface area contributed by atoms with Gasteiger partial charge in [0.05, 0.1) is 5.69 Å². The fraction of sp³-hybridized carbons (Fsp3) is 0.417. The monoisotopic (exact) mass is 434 g/mol. The number of hydrogen-bond acceptors (Lipinski definition) is 5. The molecule has 2 aliphatic rings. The minimum atomic E-state index is 0.320. The van der Waals surface area contributed by atoms with Crippen molar-refractivity contribution in [1.29, 1.82) is 0 Å². The zero-order valence-corrected chi connectivity index (χ0v) is 18.8. The number of nitrogens with zero attached hydrogens (tertiary/aromatic N) is 5. The lowest BCUT2D eigenvalue weighted by Crippen LogP contribution is -2.52. The Morgan fingerprint density at radius 2 is 1.97 bits per heavy atom. The smallest absolute Gasteiger partial charge is 0.231 e. The minimum absolute atomic E-state index is 0.320. The highest BCUT2D eigenvalue weighted by Gasteiger charge is 2.21. The molecule has 1 fully saturated rings. The predicted molar refractivity (Wildman–Crippen MR) is 124 cm³/mol. The molecule has 0 bridgehead atoms. The fourth-order valence-electron chi connectivity index (χ4n) is 4.37. The summed E-state index contributed by atoms with van der Waals surface area (Å²) in [6.07, 6.45) is 5.03. The van der Waals surface area contributed by atoms with Gasteiger partial charge in [-0.1, -0.05) is 12.1 Å². The molecular weight excluding hydrogens is 404 g/mol. The molecule has 1 N–H and O–H groups in total. The van der Waals surface area contributed by atoms with Crippen LogP contribution in [0.1, 0.15) is 16.8 Å². The Balaban J connectivity index is 1.10. The lowest BCUT2D eigenvalue weighted by Gasteiger charge is -2.36. The number of nitrogens with one attached hydrogen (secondary N) is 1. The fourth-order valence-corrected chi connectivity index (χ4v) is 4.37. The molecule has 0 atom stereocenters. The summed E-state index contributed by atoms with van der Waals surface area (Å²) in [7, 11) is 1.86. The van der Waals surface area contributed by atoms with Crippen molar-refractivity contribution < 1.29 is 9.47 Å². The van der Waals surface area contributed by atoms with Gasteiger partial charge >= 0.3 is 0 Å². The van der Waals surface area contributed by atoms with E-state index in [2.05, 4.69) is 61.9 Å². The molecule has 0 radical (unpaired) electrons. The van der Waals surface area contributed by atoms with Crippen molar-refractivity contribution in [2.75, 3.05) is 46.6 Å². The van der Waals surface area contributed by atoms with Crippen LogP contribution in [0.3, 0.4) is 0 Å². The topological polar surface area (TPSA) is 66.6 Å². The molecule has 1 saturated heterocycles. The van der Waals surface area contributed by atoms with Gasteiger partial charge in [0, 0.05) is 65.1 Å². The van der Waals surface area contributed by atoms with Crippen LogP contribution in [0.25, 0.3) is 5.65 Å². The summed E-state index contributed by atoms with van der Waals surface area (Å²) < 4.78 is 13.0. The number of imidazole rings is 1. The van der Waals surface area contributed by atoms with E-state index in [0.717, 1.165) is 74.5 Å². The van der Waals surface area contributed by atoms with Crippen molar-refractivity contribution >= 4 is 11.6 Å². The Hall–Kier alpha value is -3.26. The van der Waals surface area contributed by atoms with E-state index in [4.69, 9.17) is 14.5 Å². The Labute approximate surface area is 188 Å². The van der Waals surface area contributed by atoms with Crippen LogP contribution in [0.2, 0.25) is 0 Å². The van der Waals surface area contributed by atoms with Gasteiger partial charge < -0.3 is 24.1 Å². The Bertz CT molecular complexity index is 1120. The Morgan fingerprint density at radius 3 is 2.78 bits per heavy atom. The first kappa shape index (κ1) is 20.6. The maximum absolute atomic E-state index is 5.50. The molecule has 0 unspecified atom stereocenters. The molecular formula is C24H30N6O2. The minimum Gasteiger partial charge on any atom is -0.454 e. The summed E-state index contributed by atoms with van der Waals surface area (Å²) in [4.78, 5) is 14.1. The van der Waals surface area contributed by atoms with Crippen molar-refractivity contribution in [2.45, 2.75) is 19.9 Å². The lowest BCUT2D eigenvalue weighted by atomic mass is 10.1. The highest BCUT2D eigenvalue weighted by Crippen LogP contribution is 2.32. The quantitative estimate of drug-likeness (QED) is 0.491. The van der Waals surface area contributed by atoms with Gasteiger partial charge in [-0.15, -0.1) is 0 Å². The molecule has 3 aromatic rings. The summed E-state index contributed by atoms with van der Waals surface area (Å²) in [6, 6.07) is 10.4. The molecule has 0 spiro atoms. The molecule has 2 aliphatic heterocycles. The predicted octanol–water partition coefficient (Wildman–Crippen LogP) is 2.31. The number of ether oxygens (including phenoxy) is 2. The molecule has 5 rings (SSSR count). The van der Waals surface area contributed by atoms with Crippen molar-refractivity contribution in [3.63, 3.8) is 0 Å². The van der Waals surface area contributed by atoms with Crippen LogP contribution in [0.4, 0.5) is 0 Å². The number of benzene rings is 1. The molecule has 8 nitrogen and oxygen atoms in total. The van der Waals surface area contributed by atoms with Crippen molar-refractivity contribution in [3.8, 4) is 11.5 Å².